The van der Waals surface area contributed by atoms with Crippen LogP contribution >= 0.6 is 0 Å². The Labute approximate surface area is 69.6 Å². The lowest BCUT2D eigenvalue weighted by Gasteiger charge is -2.01. The number of carbonyl (C=O) groups excluding carboxylic acids is 2. The molecule has 0 aliphatic heterocycles. The molecule has 0 amide bonds. The van der Waals surface area contributed by atoms with Gasteiger partial charge < -0.3 is 5.11 Å². The number of ketones is 1. The second kappa shape index (κ2) is 3.17. The molecule has 3 nitrogen and oxygen atoms in total. The van der Waals surface area contributed by atoms with Gasteiger partial charge in [-0.1, -0.05) is 6.07 Å². The highest BCUT2D eigenvalue weighted by Crippen LogP contribution is 2.20. The molecule has 3 heteroatoms. The topological polar surface area (TPSA) is 54.4 Å². The lowest BCUT2D eigenvalue weighted by atomic mass is 10.1. The number of para-hydroxylation sites is 1. The molecule has 0 bridgehead atoms. The average molecular weight is 164 g/mol. The zero-order valence-electron chi connectivity index (χ0n) is 6.57. The minimum atomic E-state index is -0.254. The maximum Gasteiger partial charge on any atom is 0.163 e. The molecule has 12 heavy (non-hydrogen) atoms. The highest BCUT2D eigenvalue weighted by Gasteiger charge is 2.08. The molecule has 0 atom stereocenters. The second-order valence-corrected chi connectivity index (χ2v) is 2.42. The fourth-order valence-electron chi connectivity index (χ4n) is 0.941. The van der Waals surface area contributed by atoms with Crippen LogP contribution in [0.2, 0.25) is 0 Å². The van der Waals surface area contributed by atoms with Gasteiger partial charge in [-0.25, -0.2) is 0 Å². The van der Waals surface area contributed by atoms with E-state index < -0.39 is 0 Å². The van der Waals surface area contributed by atoms with Gasteiger partial charge in [-0.2, -0.15) is 0 Å². The van der Waals surface area contributed by atoms with Crippen molar-refractivity contribution in [3.05, 3.63) is 29.3 Å². The standard InChI is InChI=1S/C9H8O3/c1-6(11)8-4-2-3-7(5-10)9(8)12/h2-5,12H,1H3. The van der Waals surface area contributed by atoms with Gasteiger partial charge in [0.15, 0.2) is 12.1 Å². The summed E-state index contributed by atoms with van der Waals surface area (Å²) < 4.78 is 0. The molecule has 1 aromatic carbocycles. The Morgan fingerprint density at radius 3 is 2.67 bits per heavy atom. The summed E-state index contributed by atoms with van der Waals surface area (Å²) in [5.74, 6) is -0.490. The molecular formula is C9H8O3. The van der Waals surface area contributed by atoms with Gasteiger partial charge in [-0.3, -0.25) is 9.59 Å². The number of phenolic OH excluding ortho intramolecular Hbond substituents is 1. The lowest BCUT2D eigenvalue weighted by molar-refractivity contribution is 0.101. The van der Waals surface area contributed by atoms with Crippen molar-refractivity contribution in [2.45, 2.75) is 6.92 Å². The quantitative estimate of drug-likeness (QED) is 0.531. The third-order valence-corrected chi connectivity index (χ3v) is 1.57. The van der Waals surface area contributed by atoms with Crippen LogP contribution < -0.4 is 0 Å². The van der Waals surface area contributed by atoms with Gasteiger partial charge in [-0.05, 0) is 19.1 Å². The number of phenols is 1. The fourth-order valence-corrected chi connectivity index (χ4v) is 0.941. The first-order valence-corrected chi connectivity index (χ1v) is 3.45. The summed E-state index contributed by atoms with van der Waals surface area (Å²) in [7, 11) is 0. The van der Waals surface area contributed by atoms with E-state index in [2.05, 4.69) is 0 Å². The van der Waals surface area contributed by atoms with Crippen molar-refractivity contribution < 1.29 is 14.7 Å². The van der Waals surface area contributed by atoms with Crippen molar-refractivity contribution in [2.75, 3.05) is 0 Å². The summed E-state index contributed by atoms with van der Waals surface area (Å²) in [4.78, 5) is 21.2. The number of hydrogen-bond acceptors (Lipinski definition) is 3. The predicted octanol–water partition coefficient (Wildman–Crippen LogP) is 1.41. The van der Waals surface area contributed by atoms with Crippen LogP contribution in [-0.4, -0.2) is 17.2 Å². The molecule has 0 aliphatic carbocycles. The van der Waals surface area contributed by atoms with Crippen LogP contribution in [0.5, 0.6) is 5.75 Å². The van der Waals surface area contributed by atoms with Crippen molar-refractivity contribution in [2.24, 2.45) is 0 Å². The number of carbonyl (C=O) groups is 2. The Hall–Kier alpha value is -1.64. The van der Waals surface area contributed by atoms with Crippen LogP contribution in [0.25, 0.3) is 0 Å². The van der Waals surface area contributed by atoms with Crippen LogP contribution in [0, 0.1) is 0 Å². The molecule has 0 unspecified atom stereocenters. The molecule has 0 saturated heterocycles. The van der Waals surface area contributed by atoms with Crippen molar-refractivity contribution in [3.8, 4) is 5.75 Å². The Balaban J connectivity index is 3.32. The maximum absolute atomic E-state index is 10.9. The van der Waals surface area contributed by atoms with Crippen LogP contribution in [-0.2, 0) is 0 Å². The van der Waals surface area contributed by atoms with Gasteiger partial charge in [-0.15, -0.1) is 0 Å². The molecule has 1 rings (SSSR count). The Morgan fingerprint density at radius 2 is 2.17 bits per heavy atom. The third-order valence-electron chi connectivity index (χ3n) is 1.57. The summed E-state index contributed by atoms with van der Waals surface area (Å²) in [5.41, 5.74) is 0.322. The summed E-state index contributed by atoms with van der Waals surface area (Å²) in [6, 6.07) is 4.49. The number of aldehydes is 1. The number of rotatable bonds is 2. The molecular weight excluding hydrogens is 156 g/mol. The molecule has 62 valence electrons. The summed E-state index contributed by atoms with van der Waals surface area (Å²) in [6.07, 6.45) is 0.516. The SMILES string of the molecule is CC(=O)c1cccc(C=O)c1O. The van der Waals surface area contributed by atoms with Gasteiger partial charge in [0, 0.05) is 0 Å². The molecule has 0 spiro atoms. The monoisotopic (exact) mass is 164 g/mol. The van der Waals surface area contributed by atoms with Crippen LogP contribution in [0.3, 0.4) is 0 Å². The first kappa shape index (κ1) is 8.46. The molecule has 0 saturated carbocycles. The van der Waals surface area contributed by atoms with E-state index in [-0.39, 0.29) is 22.7 Å². The minimum Gasteiger partial charge on any atom is -0.506 e. The Bertz CT molecular complexity index is 329. The van der Waals surface area contributed by atoms with E-state index in [1.165, 1.54) is 19.1 Å². The van der Waals surface area contributed by atoms with Crippen molar-refractivity contribution in [1.29, 1.82) is 0 Å². The predicted molar refractivity (Wildman–Crippen MR) is 43.5 cm³/mol. The highest BCUT2D eigenvalue weighted by atomic mass is 16.3. The first-order valence-electron chi connectivity index (χ1n) is 3.45. The molecule has 1 N–H and O–H groups in total. The summed E-state index contributed by atoms with van der Waals surface area (Å²) in [5, 5.41) is 9.31. The lowest BCUT2D eigenvalue weighted by Crippen LogP contribution is -1.94. The van der Waals surface area contributed by atoms with Crippen LogP contribution in [0.1, 0.15) is 27.6 Å². The molecule has 1 aromatic rings. The largest absolute Gasteiger partial charge is 0.506 e. The zero-order valence-corrected chi connectivity index (χ0v) is 6.57. The van der Waals surface area contributed by atoms with Crippen LogP contribution in [0.15, 0.2) is 18.2 Å². The van der Waals surface area contributed by atoms with Gasteiger partial charge >= 0.3 is 0 Å². The Morgan fingerprint density at radius 1 is 1.50 bits per heavy atom. The second-order valence-electron chi connectivity index (χ2n) is 2.42. The summed E-state index contributed by atoms with van der Waals surface area (Å²) in [6.45, 7) is 1.34. The average Bonchev–Trinajstić information content (AvgIpc) is 2.04. The minimum absolute atomic E-state index is 0.141. The van der Waals surface area contributed by atoms with Crippen molar-refractivity contribution in [1.82, 2.24) is 0 Å². The van der Waals surface area contributed by atoms with E-state index in [1.807, 2.05) is 0 Å². The molecule has 0 radical (unpaired) electrons. The van der Waals surface area contributed by atoms with Crippen molar-refractivity contribution in [3.63, 3.8) is 0 Å². The van der Waals surface area contributed by atoms with E-state index >= 15 is 0 Å². The first-order chi connectivity index (χ1) is 5.66. The van der Waals surface area contributed by atoms with E-state index in [4.69, 9.17) is 0 Å². The number of aromatic hydroxyl groups is 1. The van der Waals surface area contributed by atoms with E-state index in [1.54, 1.807) is 6.07 Å². The zero-order chi connectivity index (χ0) is 9.14. The number of hydrogen-bond donors (Lipinski definition) is 1. The van der Waals surface area contributed by atoms with Crippen molar-refractivity contribution >= 4 is 12.1 Å². The smallest absolute Gasteiger partial charge is 0.163 e. The van der Waals surface area contributed by atoms with E-state index in [0.717, 1.165) is 0 Å². The van der Waals surface area contributed by atoms with E-state index in [0.29, 0.717) is 6.29 Å². The number of benzene rings is 1. The molecule has 0 fully saturated rings. The highest BCUT2D eigenvalue weighted by molar-refractivity contribution is 5.99. The fraction of sp³-hybridized carbons (Fsp3) is 0.111. The molecule has 0 aromatic heterocycles. The molecule has 0 aliphatic rings. The van der Waals surface area contributed by atoms with Gasteiger partial charge in [0.25, 0.3) is 0 Å². The Kier molecular flexibility index (Phi) is 2.24. The summed E-state index contributed by atoms with van der Waals surface area (Å²) >= 11 is 0. The van der Waals surface area contributed by atoms with Gasteiger partial charge in [0.2, 0.25) is 0 Å². The van der Waals surface area contributed by atoms with Crippen LogP contribution in [0.4, 0.5) is 0 Å². The van der Waals surface area contributed by atoms with Gasteiger partial charge in [0.1, 0.15) is 5.75 Å². The maximum atomic E-state index is 10.9. The molecule has 0 heterocycles. The normalized spacial score (nSPS) is 9.42. The third kappa shape index (κ3) is 1.34. The van der Waals surface area contributed by atoms with E-state index in [9.17, 15) is 14.7 Å². The number of Topliss-reactive ketones (excluding diaryl/α,β-unsaturated/α-hetero) is 1. The van der Waals surface area contributed by atoms with Gasteiger partial charge in [0.05, 0.1) is 11.1 Å².